The minimum atomic E-state index is 1.04. The number of imidazole rings is 1. The summed E-state index contributed by atoms with van der Waals surface area (Å²) in [6.07, 6.45) is 2.58. The molecule has 1 aromatic heterocycles. The number of aromatic amines is 1. The van der Waals surface area contributed by atoms with Gasteiger partial charge >= 0.3 is 0 Å². The third-order valence-electron chi connectivity index (χ3n) is 3.03. The molecule has 1 saturated heterocycles. The Kier molecular flexibility index (Phi) is 1.91. The van der Waals surface area contributed by atoms with Crippen LogP contribution in [0.2, 0.25) is 0 Å². The summed E-state index contributed by atoms with van der Waals surface area (Å²) in [4.78, 5) is 10.3. The van der Waals surface area contributed by atoms with Crippen molar-refractivity contribution in [1.82, 2.24) is 9.97 Å². The summed E-state index contributed by atoms with van der Waals surface area (Å²) in [6, 6.07) is 6.35. The summed E-state index contributed by atoms with van der Waals surface area (Å²) in [6.45, 7) is 4.38. The van der Waals surface area contributed by atoms with Crippen molar-refractivity contribution in [1.29, 1.82) is 0 Å². The second-order valence-electron chi connectivity index (χ2n) is 4.28. The van der Waals surface area contributed by atoms with Gasteiger partial charge < -0.3 is 9.88 Å². The van der Waals surface area contributed by atoms with E-state index in [4.69, 9.17) is 0 Å². The van der Waals surface area contributed by atoms with E-state index in [0.717, 1.165) is 30.1 Å². The van der Waals surface area contributed by atoms with Crippen LogP contribution in [-0.2, 0) is 0 Å². The minimum absolute atomic E-state index is 1.04. The number of aromatic nitrogens is 2. The molecule has 1 N–H and O–H groups in total. The summed E-state index contributed by atoms with van der Waals surface area (Å²) < 4.78 is 0. The maximum absolute atomic E-state index is 4.61. The zero-order valence-corrected chi connectivity index (χ0v) is 8.95. The Balaban J connectivity index is 2.05. The maximum atomic E-state index is 4.61. The molecule has 2 aromatic rings. The molecule has 0 atom stereocenters. The number of benzene rings is 1. The molecule has 0 radical (unpaired) electrons. The SMILES string of the molecule is Cc1ccc2nc(N3CCCC3)[nH]c2c1. The second kappa shape index (κ2) is 3.26. The summed E-state index contributed by atoms with van der Waals surface area (Å²) in [5, 5.41) is 0. The van der Waals surface area contributed by atoms with Crippen LogP contribution in [0.25, 0.3) is 11.0 Å². The van der Waals surface area contributed by atoms with Gasteiger partial charge in [-0.1, -0.05) is 6.07 Å². The first kappa shape index (κ1) is 8.77. The second-order valence-corrected chi connectivity index (χ2v) is 4.28. The number of hydrogen-bond acceptors (Lipinski definition) is 2. The molecular formula is C12H15N3. The first-order valence-corrected chi connectivity index (χ1v) is 5.54. The van der Waals surface area contributed by atoms with Crippen molar-refractivity contribution in [2.45, 2.75) is 19.8 Å². The molecule has 3 nitrogen and oxygen atoms in total. The van der Waals surface area contributed by atoms with Gasteiger partial charge in [0.25, 0.3) is 0 Å². The Morgan fingerprint density at radius 1 is 1.27 bits per heavy atom. The fraction of sp³-hybridized carbons (Fsp3) is 0.417. The number of fused-ring (bicyclic) bond motifs is 1. The molecular weight excluding hydrogens is 186 g/mol. The Morgan fingerprint density at radius 3 is 2.87 bits per heavy atom. The first-order chi connectivity index (χ1) is 7.33. The van der Waals surface area contributed by atoms with Gasteiger partial charge in [0.2, 0.25) is 5.95 Å². The summed E-state index contributed by atoms with van der Waals surface area (Å²) >= 11 is 0. The van der Waals surface area contributed by atoms with Gasteiger partial charge in [-0.15, -0.1) is 0 Å². The van der Waals surface area contributed by atoms with Crippen LogP contribution in [0.3, 0.4) is 0 Å². The fourth-order valence-electron chi connectivity index (χ4n) is 2.19. The zero-order chi connectivity index (χ0) is 10.3. The number of aryl methyl sites for hydroxylation is 1. The van der Waals surface area contributed by atoms with E-state index >= 15 is 0 Å². The van der Waals surface area contributed by atoms with Crippen LogP contribution in [0.1, 0.15) is 18.4 Å². The van der Waals surface area contributed by atoms with Crippen molar-refractivity contribution >= 4 is 17.0 Å². The largest absolute Gasteiger partial charge is 0.342 e. The molecule has 0 spiro atoms. The molecule has 0 amide bonds. The maximum Gasteiger partial charge on any atom is 0.203 e. The lowest BCUT2D eigenvalue weighted by molar-refractivity contribution is 0.922. The van der Waals surface area contributed by atoms with E-state index in [0.29, 0.717) is 0 Å². The van der Waals surface area contributed by atoms with Crippen LogP contribution in [-0.4, -0.2) is 23.1 Å². The average Bonchev–Trinajstić information content (AvgIpc) is 2.84. The molecule has 3 rings (SSSR count). The van der Waals surface area contributed by atoms with E-state index in [9.17, 15) is 0 Å². The van der Waals surface area contributed by atoms with E-state index in [1.807, 2.05) is 0 Å². The number of rotatable bonds is 1. The van der Waals surface area contributed by atoms with E-state index in [1.54, 1.807) is 0 Å². The van der Waals surface area contributed by atoms with Crippen LogP contribution in [0.4, 0.5) is 5.95 Å². The van der Waals surface area contributed by atoms with Gasteiger partial charge in [0.1, 0.15) is 0 Å². The smallest absolute Gasteiger partial charge is 0.203 e. The van der Waals surface area contributed by atoms with E-state index < -0.39 is 0 Å². The fourth-order valence-corrected chi connectivity index (χ4v) is 2.19. The van der Waals surface area contributed by atoms with Crippen LogP contribution >= 0.6 is 0 Å². The highest BCUT2D eigenvalue weighted by Gasteiger charge is 2.15. The molecule has 3 heteroatoms. The summed E-state index contributed by atoms with van der Waals surface area (Å²) in [5.41, 5.74) is 3.50. The van der Waals surface area contributed by atoms with Crippen LogP contribution in [0, 0.1) is 6.92 Å². The van der Waals surface area contributed by atoms with Crippen LogP contribution in [0.5, 0.6) is 0 Å². The monoisotopic (exact) mass is 201 g/mol. The lowest BCUT2D eigenvalue weighted by Crippen LogP contribution is -2.18. The molecule has 0 unspecified atom stereocenters. The standard InChI is InChI=1S/C12H15N3/c1-9-4-5-10-11(8-9)14-12(13-10)15-6-2-3-7-15/h4-5,8H,2-3,6-7H2,1H3,(H,13,14). The number of nitrogens with zero attached hydrogens (tertiary/aromatic N) is 2. The normalized spacial score (nSPS) is 16.5. The van der Waals surface area contributed by atoms with Crippen molar-refractivity contribution in [2.75, 3.05) is 18.0 Å². The lowest BCUT2D eigenvalue weighted by Gasteiger charge is -2.12. The van der Waals surface area contributed by atoms with Crippen molar-refractivity contribution in [3.63, 3.8) is 0 Å². The summed E-state index contributed by atoms with van der Waals surface area (Å²) in [5.74, 6) is 1.04. The van der Waals surface area contributed by atoms with Crippen LogP contribution < -0.4 is 4.90 Å². The van der Waals surface area contributed by atoms with Gasteiger partial charge in [-0.2, -0.15) is 0 Å². The first-order valence-electron chi connectivity index (χ1n) is 5.54. The third-order valence-corrected chi connectivity index (χ3v) is 3.03. The topological polar surface area (TPSA) is 31.9 Å². The van der Waals surface area contributed by atoms with Crippen LogP contribution in [0.15, 0.2) is 18.2 Å². The molecule has 78 valence electrons. The predicted octanol–water partition coefficient (Wildman–Crippen LogP) is 2.47. The molecule has 1 aromatic carbocycles. The quantitative estimate of drug-likeness (QED) is 0.768. The molecule has 1 aliphatic heterocycles. The van der Waals surface area contributed by atoms with Crippen molar-refractivity contribution < 1.29 is 0 Å². The number of hydrogen-bond donors (Lipinski definition) is 1. The molecule has 0 saturated carbocycles. The van der Waals surface area contributed by atoms with Gasteiger partial charge in [0, 0.05) is 13.1 Å². The molecule has 1 aliphatic rings. The zero-order valence-electron chi connectivity index (χ0n) is 8.95. The van der Waals surface area contributed by atoms with Crippen molar-refractivity contribution in [3.8, 4) is 0 Å². The highest BCUT2D eigenvalue weighted by molar-refractivity contribution is 5.78. The molecule has 15 heavy (non-hydrogen) atoms. The molecule has 2 heterocycles. The Labute approximate surface area is 89.1 Å². The van der Waals surface area contributed by atoms with Gasteiger partial charge in [-0.25, -0.2) is 4.98 Å². The molecule has 0 bridgehead atoms. The van der Waals surface area contributed by atoms with Gasteiger partial charge in [-0.05, 0) is 37.5 Å². The van der Waals surface area contributed by atoms with E-state index in [1.165, 1.54) is 18.4 Å². The Hall–Kier alpha value is -1.51. The van der Waals surface area contributed by atoms with Gasteiger partial charge in [-0.3, -0.25) is 0 Å². The van der Waals surface area contributed by atoms with Crippen molar-refractivity contribution in [3.05, 3.63) is 23.8 Å². The average molecular weight is 201 g/mol. The van der Waals surface area contributed by atoms with Gasteiger partial charge in [0.05, 0.1) is 11.0 Å². The lowest BCUT2D eigenvalue weighted by atomic mass is 10.2. The van der Waals surface area contributed by atoms with Gasteiger partial charge in [0.15, 0.2) is 0 Å². The highest BCUT2D eigenvalue weighted by atomic mass is 15.3. The van der Waals surface area contributed by atoms with Crippen molar-refractivity contribution in [2.24, 2.45) is 0 Å². The molecule has 0 aliphatic carbocycles. The Morgan fingerprint density at radius 2 is 2.07 bits per heavy atom. The predicted molar refractivity (Wildman–Crippen MR) is 62.3 cm³/mol. The summed E-state index contributed by atoms with van der Waals surface area (Å²) in [7, 11) is 0. The molecule has 1 fully saturated rings. The highest BCUT2D eigenvalue weighted by Crippen LogP contribution is 2.21. The number of nitrogens with one attached hydrogen (secondary N) is 1. The van der Waals surface area contributed by atoms with E-state index in [2.05, 4.69) is 40.0 Å². The number of H-pyrrole nitrogens is 1. The number of anilines is 1. The Bertz CT molecular complexity index is 481. The third kappa shape index (κ3) is 1.48. The minimum Gasteiger partial charge on any atom is -0.342 e. The van der Waals surface area contributed by atoms with E-state index in [-0.39, 0.29) is 0 Å².